The summed E-state index contributed by atoms with van der Waals surface area (Å²) in [5.74, 6) is 3.87. The van der Waals surface area contributed by atoms with E-state index in [1.807, 2.05) is 0 Å². The lowest BCUT2D eigenvalue weighted by atomic mass is 9.44. The van der Waals surface area contributed by atoms with Crippen LogP contribution in [0.25, 0.3) is 0 Å². The smallest absolute Gasteiger partial charge is 0.184 e. The molecule has 10 atom stereocenters. The molecule has 4 fully saturated rings. The Bertz CT molecular complexity index is 784. The van der Waals surface area contributed by atoms with Crippen LogP contribution < -0.4 is 0 Å². The maximum absolute atomic E-state index is 7.25. The molecule has 0 aromatic heterocycles. The van der Waals surface area contributed by atoms with Gasteiger partial charge in [-0.3, -0.25) is 0 Å². The predicted molar refractivity (Wildman–Crippen MR) is 161 cm³/mol. The second-order valence-corrected chi connectivity index (χ2v) is 30.2. The van der Waals surface area contributed by atoms with E-state index in [4.69, 9.17) is 13.3 Å². The number of hydrogen-bond donors (Lipinski definition) is 0. The van der Waals surface area contributed by atoms with Crippen molar-refractivity contribution < 1.29 is 13.3 Å². The Labute approximate surface area is 227 Å². The SMILES string of the molecule is C[C@@H](O[Si](C)(C)C)[C@H]1CC[C@H]2[C@@H]3CC[C@@H]4C[C@H](O[Si](C)(C)C)CC[C@]4(C)[C@H]3[C@@H](O[Si](C)(C)C)C[C@]12C. The van der Waals surface area contributed by atoms with Crippen molar-refractivity contribution in [3.05, 3.63) is 0 Å². The van der Waals surface area contributed by atoms with E-state index in [0.717, 1.165) is 23.7 Å². The first kappa shape index (κ1) is 29.5. The lowest BCUT2D eigenvalue weighted by molar-refractivity contribution is -0.175. The zero-order valence-electron chi connectivity index (χ0n) is 26.0. The molecule has 0 unspecified atom stereocenters. The highest BCUT2D eigenvalue weighted by molar-refractivity contribution is 6.70. The molecule has 210 valence electrons. The summed E-state index contributed by atoms with van der Waals surface area (Å²) in [4.78, 5) is 0. The van der Waals surface area contributed by atoms with Gasteiger partial charge in [0.15, 0.2) is 25.0 Å². The van der Waals surface area contributed by atoms with E-state index in [1.54, 1.807) is 0 Å². The van der Waals surface area contributed by atoms with Gasteiger partial charge in [-0.15, -0.1) is 0 Å². The lowest BCUT2D eigenvalue weighted by Gasteiger charge is -2.64. The summed E-state index contributed by atoms with van der Waals surface area (Å²) in [6, 6.07) is 0. The van der Waals surface area contributed by atoms with Crippen LogP contribution in [0.4, 0.5) is 0 Å². The second-order valence-electron chi connectivity index (χ2n) is 16.8. The van der Waals surface area contributed by atoms with Gasteiger partial charge in [-0.25, -0.2) is 0 Å². The quantitative estimate of drug-likeness (QED) is 0.295. The lowest BCUT2D eigenvalue weighted by Crippen LogP contribution is -2.61. The van der Waals surface area contributed by atoms with Crippen LogP contribution in [0, 0.1) is 40.4 Å². The summed E-state index contributed by atoms with van der Waals surface area (Å²) in [6.45, 7) is 29.2. The highest BCUT2D eigenvalue weighted by atomic mass is 28.4. The average molecular weight is 553 g/mol. The highest BCUT2D eigenvalue weighted by Crippen LogP contribution is 2.68. The molecular formula is C30H60O3Si3. The van der Waals surface area contributed by atoms with Gasteiger partial charge in [0.2, 0.25) is 0 Å². The van der Waals surface area contributed by atoms with Crippen LogP contribution in [0.5, 0.6) is 0 Å². The highest BCUT2D eigenvalue weighted by Gasteiger charge is 2.64. The molecule has 4 rings (SSSR count). The van der Waals surface area contributed by atoms with E-state index in [0.29, 0.717) is 35.1 Å². The molecule has 0 aromatic carbocycles. The topological polar surface area (TPSA) is 27.7 Å². The first-order valence-corrected chi connectivity index (χ1v) is 25.6. The Morgan fingerprint density at radius 2 is 1.36 bits per heavy atom. The molecule has 6 heteroatoms. The van der Waals surface area contributed by atoms with Gasteiger partial charge in [-0.1, -0.05) is 13.8 Å². The van der Waals surface area contributed by atoms with Gasteiger partial charge in [0.05, 0.1) is 0 Å². The maximum Gasteiger partial charge on any atom is 0.184 e. The summed E-state index contributed by atoms with van der Waals surface area (Å²) in [5.41, 5.74) is 0.762. The molecule has 0 amide bonds. The molecule has 0 spiro atoms. The zero-order valence-corrected chi connectivity index (χ0v) is 29.0. The van der Waals surface area contributed by atoms with Gasteiger partial charge in [0.1, 0.15) is 0 Å². The standard InChI is InChI=1S/C30H60O3Si3/c1-21(31-34(4,5)6)25-15-16-26-24-14-13-22-19-23(32-35(7,8)9)17-18-29(22,2)28(24)27(20-30(25,26)3)33-36(10,11)12/h21-28H,13-20H2,1-12H3/t21-,22-,23-,24+,25-,26+,27+,28-,29+,30-/m1/s1. The van der Waals surface area contributed by atoms with Gasteiger partial charge in [-0.05, 0) is 158 Å². The van der Waals surface area contributed by atoms with E-state index in [9.17, 15) is 0 Å². The minimum Gasteiger partial charge on any atom is -0.415 e. The Morgan fingerprint density at radius 3 is 1.94 bits per heavy atom. The first-order chi connectivity index (χ1) is 16.3. The molecule has 0 heterocycles. The fourth-order valence-electron chi connectivity index (χ4n) is 9.93. The van der Waals surface area contributed by atoms with Crippen LogP contribution >= 0.6 is 0 Å². The molecule has 0 aromatic rings. The van der Waals surface area contributed by atoms with Crippen molar-refractivity contribution >= 4 is 25.0 Å². The molecule has 0 saturated heterocycles. The van der Waals surface area contributed by atoms with Gasteiger partial charge in [0.25, 0.3) is 0 Å². The largest absolute Gasteiger partial charge is 0.415 e. The molecule has 0 radical (unpaired) electrons. The Morgan fingerprint density at radius 1 is 0.722 bits per heavy atom. The van der Waals surface area contributed by atoms with Gasteiger partial charge in [0, 0.05) is 18.3 Å². The molecule has 0 aliphatic heterocycles. The molecule has 4 aliphatic rings. The summed E-state index contributed by atoms with van der Waals surface area (Å²) in [5, 5.41) is 0. The van der Waals surface area contributed by atoms with Gasteiger partial charge >= 0.3 is 0 Å². The van der Waals surface area contributed by atoms with Crippen LogP contribution in [0.2, 0.25) is 58.9 Å². The van der Waals surface area contributed by atoms with Crippen molar-refractivity contribution in [2.24, 2.45) is 40.4 Å². The molecular weight excluding hydrogens is 493 g/mol. The third kappa shape index (κ3) is 5.99. The second kappa shape index (κ2) is 9.87. The van der Waals surface area contributed by atoms with E-state index < -0.39 is 25.0 Å². The molecule has 0 N–H and O–H groups in total. The molecule has 4 aliphatic carbocycles. The van der Waals surface area contributed by atoms with Crippen molar-refractivity contribution in [3.63, 3.8) is 0 Å². The molecule has 0 bridgehead atoms. The fourth-order valence-corrected chi connectivity index (χ4v) is 13.6. The maximum atomic E-state index is 7.25. The van der Waals surface area contributed by atoms with Crippen LogP contribution in [0.15, 0.2) is 0 Å². The van der Waals surface area contributed by atoms with Crippen LogP contribution in [-0.4, -0.2) is 43.3 Å². The monoisotopic (exact) mass is 552 g/mol. The van der Waals surface area contributed by atoms with E-state index >= 15 is 0 Å². The molecule has 4 saturated carbocycles. The number of fused-ring (bicyclic) bond motifs is 5. The Hall–Kier alpha value is 0.531. The minimum atomic E-state index is -1.66. The van der Waals surface area contributed by atoms with Crippen molar-refractivity contribution in [2.75, 3.05) is 0 Å². The normalized spacial score (nSPS) is 44.5. The predicted octanol–water partition coefficient (Wildman–Crippen LogP) is 8.94. The third-order valence-electron chi connectivity index (χ3n) is 10.7. The summed E-state index contributed by atoms with van der Waals surface area (Å²) in [6.07, 6.45) is 12.0. The van der Waals surface area contributed by atoms with Crippen LogP contribution in [0.1, 0.15) is 72.1 Å². The molecule has 3 nitrogen and oxygen atoms in total. The van der Waals surface area contributed by atoms with Gasteiger partial charge in [-0.2, -0.15) is 0 Å². The zero-order chi connectivity index (χ0) is 26.9. The van der Waals surface area contributed by atoms with Crippen LogP contribution in [-0.2, 0) is 13.3 Å². The fraction of sp³-hybridized carbons (Fsp3) is 1.00. The minimum absolute atomic E-state index is 0.353. The number of rotatable bonds is 7. The van der Waals surface area contributed by atoms with E-state index in [1.165, 1.54) is 51.4 Å². The van der Waals surface area contributed by atoms with E-state index in [2.05, 4.69) is 79.7 Å². The van der Waals surface area contributed by atoms with Gasteiger partial charge < -0.3 is 13.3 Å². The summed E-state index contributed by atoms with van der Waals surface area (Å²) >= 11 is 0. The average Bonchev–Trinajstić information content (AvgIpc) is 3.01. The van der Waals surface area contributed by atoms with Crippen molar-refractivity contribution in [1.82, 2.24) is 0 Å². The summed E-state index contributed by atoms with van der Waals surface area (Å²) < 4.78 is 20.7. The number of hydrogen-bond acceptors (Lipinski definition) is 3. The van der Waals surface area contributed by atoms with Crippen molar-refractivity contribution in [1.29, 1.82) is 0 Å². The Balaban J connectivity index is 1.63. The van der Waals surface area contributed by atoms with Crippen LogP contribution in [0.3, 0.4) is 0 Å². The van der Waals surface area contributed by atoms with Crippen molar-refractivity contribution in [2.45, 2.75) is 149 Å². The first-order valence-electron chi connectivity index (χ1n) is 15.4. The third-order valence-corrected chi connectivity index (χ3v) is 13.9. The Kier molecular flexibility index (Phi) is 8.09. The summed E-state index contributed by atoms with van der Waals surface area (Å²) in [7, 11) is -4.72. The molecule has 36 heavy (non-hydrogen) atoms. The van der Waals surface area contributed by atoms with E-state index in [-0.39, 0.29) is 0 Å². The van der Waals surface area contributed by atoms with Crippen molar-refractivity contribution in [3.8, 4) is 0 Å².